The number of aliphatic hydroxyl groups is 1. The highest BCUT2D eigenvalue weighted by atomic mass is 32.9. The van der Waals surface area contributed by atoms with Gasteiger partial charge >= 0.3 is 12.8 Å². The molecule has 48 heavy (non-hydrogen) atoms. The number of imidazole rings is 2. The number of nitrogens with zero attached hydrogens (tertiary/aromatic N) is 7. The summed E-state index contributed by atoms with van der Waals surface area (Å²) in [6.07, 6.45) is -4.21. The van der Waals surface area contributed by atoms with Gasteiger partial charge in [0, 0.05) is 13.5 Å². The summed E-state index contributed by atoms with van der Waals surface area (Å²) in [4.78, 5) is 46.6. The third kappa shape index (κ3) is 6.60. The molecule has 260 valence electrons. The number of nitrogens with two attached hydrogens (primary N) is 2. The summed E-state index contributed by atoms with van der Waals surface area (Å²) in [6.45, 7) is -4.07. The van der Waals surface area contributed by atoms with E-state index in [1.165, 1.54) is 42.1 Å². The quantitative estimate of drug-likeness (QED) is 0.0859. The molecule has 9 atom stereocenters. The number of alkyl halides is 1. The number of nitrogen functional groups attached to an aromatic ring is 2. The lowest BCUT2D eigenvalue weighted by molar-refractivity contribution is -0.115. The number of hydrogen-bond acceptors (Lipinski definition) is 17. The molecule has 0 aromatic carbocycles. The third-order valence-corrected chi connectivity index (χ3v) is 10.6. The number of aliphatic hydroxyl groups excluding tert-OH is 1. The van der Waals surface area contributed by atoms with Gasteiger partial charge < -0.3 is 40.2 Å². The van der Waals surface area contributed by atoms with Gasteiger partial charge in [0.05, 0.1) is 25.9 Å². The Labute approximate surface area is 286 Å². The first-order valence-electron chi connectivity index (χ1n) is 14.0. The smallest absolute Gasteiger partial charge is 0.387 e. The Morgan fingerprint density at radius 1 is 1.23 bits per heavy atom. The summed E-state index contributed by atoms with van der Waals surface area (Å²) >= 11 is 14.3. The lowest BCUT2D eigenvalue weighted by Gasteiger charge is -2.33. The summed E-state index contributed by atoms with van der Waals surface area (Å²) in [6, 6.07) is 0. The second-order valence-corrected chi connectivity index (χ2v) is 17.6. The number of aromatic amines is 1. The molecule has 0 saturated carbocycles. The second-order valence-electron chi connectivity index (χ2n) is 11.1. The summed E-state index contributed by atoms with van der Waals surface area (Å²) in [5.41, 5.74) is 7.68. The topological polar surface area (TPSA) is 255 Å². The molecule has 0 aliphatic carbocycles. The maximum atomic E-state index is 16.7. The lowest BCUT2D eigenvalue weighted by Crippen LogP contribution is -2.45. The van der Waals surface area contributed by atoms with Crippen molar-refractivity contribution in [1.29, 1.82) is 0 Å². The first-order valence-corrected chi connectivity index (χ1v) is 20.0. The van der Waals surface area contributed by atoms with E-state index >= 15 is 4.39 Å². The van der Waals surface area contributed by atoms with Crippen molar-refractivity contribution in [2.45, 2.75) is 55.4 Å². The van der Waals surface area contributed by atoms with E-state index in [-0.39, 0.29) is 36.0 Å². The molecule has 2 aliphatic rings. The molecule has 7 N–H and O–H groups in total. The van der Waals surface area contributed by atoms with Gasteiger partial charge in [0.2, 0.25) is 17.8 Å². The van der Waals surface area contributed by atoms with Crippen LogP contribution < -0.4 is 17.0 Å². The van der Waals surface area contributed by atoms with Crippen molar-refractivity contribution >= 4 is 82.8 Å². The molecule has 25 heteroatoms. The number of halogens is 1. The molecule has 0 radical (unpaired) electrons. The zero-order valence-corrected chi connectivity index (χ0v) is 29.3. The Hall–Kier alpha value is -2.37. The zero-order valence-electron chi connectivity index (χ0n) is 25.0. The molecule has 0 amide bonds. The molecule has 2 fully saturated rings. The van der Waals surface area contributed by atoms with Gasteiger partial charge in [-0.25, -0.2) is 24.3 Å². The van der Waals surface area contributed by atoms with E-state index in [9.17, 15) is 14.8 Å². The molecule has 6 heterocycles. The largest absolute Gasteiger partial charge is 0.411 e. The van der Waals surface area contributed by atoms with Gasteiger partial charge in [0.25, 0.3) is 5.56 Å². The zero-order chi connectivity index (χ0) is 34.6. The van der Waals surface area contributed by atoms with Gasteiger partial charge in [-0.2, -0.15) is 9.51 Å². The summed E-state index contributed by atoms with van der Waals surface area (Å²) in [5.74, 6) is -0.0751. The molecule has 0 bridgehead atoms. The summed E-state index contributed by atoms with van der Waals surface area (Å²) in [7, 11) is 1.38. The van der Waals surface area contributed by atoms with E-state index < -0.39 is 73.7 Å². The van der Waals surface area contributed by atoms with Crippen LogP contribution in [0.4, 0.5) is 16.2 Å². The highest BCUT2D eigenvalue weighted by Crippen LogP contribution is 2.54. The van der Waals surface area contributed by atoms with E-state index in [0.29, 0.717) is 11.2 Å². The molecule has 2 unspecified atom stereocenters. The molecule has 19 nitrogen and oxygen atoms in total. The van der Waals surface area contributed by atoms with E-state index in [2.05, 4.69) is 42.2 Å². The van der Waals surface area contributed by atoms with Crippen LogP contribution in [0.3, 0.4) is 0 Å². The minimum atomic E-state index is -4.36. The minimum Gasteiger partial charge on any atom is -0.387 e. The molecule has 4 aromatic heterocycles. The minimum absolute atomic E-state index is 0.0300. The van der Waals surface area contributed by atoms with Gasteiger partial charge in [0.15, 0.2) is 40.8 Å². The first kappa shape index (κ1) is 35.5. The molecule has 2 saturated heterocycles. The van der Waals surface area contributed by atoms with Crippen LogP contribution in [0.15, 0.2) is 23.8 Å². The fourth-order valence-electron chi connectivity index (χ4n) is 5.59. The number of rotatable bonds is 12. The lowest BCUT2D eigenvalue weighted by atomic mass is 9.97. The highest BCUT2D eigenvalue weighted by Gasteiger charge is 2.57. The van der Waals surface area contributed by atoms with Crippen molar-refractivity contribution in [3.05, 3.63) is 29.3 Å². The van der Waals surface area contributed by atoms with Crippen LogP contribution in [0.25, 0.3) is 22.3 Å². The van der Waals surface area contributed by atoms with Crippen molar-refractivity contribution < 1.29 is 42.2 Å². The van der Waals surface area contributed by atoms with Gasteiger partial charge in [0.1, 0.15) is 54.6 Å². The predicted octanol–water partition coefficient (Wildman–Crippen LogP) is 0.753. The SMILES string of the molecule is CO[C@H]1[C@@H](n2cnc3c(N)ncnc32)O[C@](C)(COP(O)(=S)O[C@H]2[C@H](n3cnc4c(=O)[nH]c(N)nc43)OC[C@@]2(F)CCO[P+](=S)S)[C@H]1O. The fourth-order valence-corrected chi connectivity index (χ4v) is 7.81. The van der Waals surface area contributed by atoms with Crippen molar-refractivity contribution in [1.82, 2.24) is 39.0 Å². The van der Waals surface area contributed by atoms with E-state index in [1.54, 1.807) is 0 Å². The van der Waals surface area contributed by atoms with Crippen LogP contribution in [0.1, 0.15) is 25.8 Å². The average Bonchev–Trinajstić information content (AvgIpc) is 3.77. The van der Waals surface area contributed by atoms with Crippen LogP contribution >= 0.6 is 25.1 Å². The van der Waals surface area contributed by atoms with Crippen LogP contribution in [-0.2, 0) is 51.4 Å². The van der Waals surface area contributed by atoms with Crippen LogP contribution in [0, 0.1) is 0 Å². The Morgan fingerprint density at radius 2 is 1.94 bits per heavy atom. The first-order chi connectivity index (χ1) is 22.7. The maximum Gasteiger partial charge on any atom is 0.411 e. The predicted molar refractivity (Wildman–Crippen MR) is 178 cm³/mol. The maximum absolute atomic E-state index is 16.7. The number of fused-ring (bicyclic) bond motifs is 2. The van der Waals surface area contributed by atoms with Crippen molar-refractivity contribution in [3.63, 3.8) is 0 Å². The number of methoxy groups -OCH3 is 1. The number of ether oxygens (including phenoxy) is 3. The Bertz CT molecular complexity index is 1970. The molecule has 2 aliphatic heterocycles. The van der Waals surface area contributed by atoms with Crippen molar-refractivity contribution in [2.24, 2.45) is 0 Å². The number of aromatic nitrogens is 8. The second kappa shape index (κ2) is 13.4. The average molecular weight is 768 g/mol. The van der Waals surface area contributed by atoms with Crippen molar-refractivity contribution in [2.75, 3.05) is 38.4 Å². The third-order valence-electron chi connectivity index (χ3n) is 8.01. The number of nitrogens with one attached hydrogen (secondary N) is 1. The highest BCUT2D eigenvalue weighted by molar-refractivity contribution is 8.54. The molecule has 0 spiro atoms. The van der Waals surface area contributed by atoms with Gasteiger partial charge in [-0.1, -0.05) is 0 Å². The van der Waals surface area contributed by atoms with E-state index in [4.69, 9.17) is 62.9 Å². The van der Waals surface area contributed by atoms with Crippen molar-refractivity contribution in [3.8, 4) is 0 Å². The molecule has 6 rings (SSSR count). The van der Waals surface area contributed by atoms with Gasteiger partial charge in [-0.3, -0.25) is 23.4 Å². The molecular weight excluding hydrogens is 737 g/mol. The van der Waals surface area contributed by atoms with Crippen LogP contribution in [0.2, 0.25) is 0 Å². The van der Waals surface area contributed by atoms with Gasteiger partial charge in [-0.15, -0.1) is 0 Å². The molecular formula is C23H30FN10O9P2S3+. The standard InChI is InChI=1S/C23H29FN10O9P2S3/c1-22(13(35)12(38-2)19(42-22)33-8-29-10-15(25)27-7-28-16(10)33)5-41-45(37,48)43-14-20(39-6-23(14,24)3-4-40-44(46)47)34-9-30-11-17(34)31-21(26)32-18(11)36/h7-9,12-14,19-20,35H,3-6H2,1-2H3,(H6-,25,26,27,28,31,32,36,37,46,47,48)/p+1/t12-,13+,14+,19+,20-,22-,23+,45?/m1/s1. The van der Waals surface area contributed by atoms with Crippen LogP contribution in [0.5, 0.6) is 0 Å². The Balaban J connectivity index is 1.25. The van der Waals surface area contributed by atoms with E-state index in [1.807, 2.05) is 0 Å². The Kier molecular flexibility index (Phi) is 9.90. The Morgan fingerprint density at radius 3 is 2.65 bits per heavy atom. The van der Waals surface area contributed by atoms with Gasteiger partial charge in [-0.05, 0) is 18.7 Å². The van der Waals surface area contributed by atoms with Crippen LogP contribution in [-0.4, -0.2) is 106 Å². The number of anilines is 2. The normalized spacial score (nSPS) is 30.7. The monoisotopic (exact) mass is 767 g/mol. The summed E-state index contributed by atoms with van der Waals surface area (Å²) < 4.78 is 53.8. The number of thiol groups is 1. The number of H-pyrrole nitrogens is 1. The van der Waals surface area contributed by atoms with E-state index in [0.717, 1.165) is 0 Å². The molecule has 4 aromatic rings. The fraction of sp³-hybridized carbons (Fsp3) is 0.565. The number of hydrogen-bond donors (Lipinski definition) is 6. The summed E-state index contributed by atoms with van der Waals surface area (Å²) in [5, 5.41) is 11.3.